The van der Waals surface area contributed by atoms with Crippen molar-refractivity contribution in [2.45, 2.75) is 6.04 Å². The molecule has 1 unspecified atom stereocenters. The quantitative estimate of drug-likeness (QED) is 0.764. The van der Waals surface area contributed by atoms with Crippen molar-refractivity contribution >= 4 is 17.8 Å². The summed E-state index contributed by atoms with van der Waals surface area (Å²) < 4.78 is 5.06. The maximum atomic E-state index is 12.8. The normalized spacial score (nSPS) is 17.1. The Hall–Kier alpha value is -3.25. The van der Waals surface area contributed by atoms with Crippen molar-refractivity contribution in [2.24, 2.45) is 0 Å². The van der Waals surface area contributed by atoms with Crippen LogP contribution in [0.5, 0.6) is 0 Å². The topological polar surface area (TPSA) is 79.7 Å². The molecule has 1 aliphatic rings. The molecule has 1 N–H and O–H groups in total. The summed E-state index contributed by atoms with van der Waals surface area (Å²) in [4.78, 5) is 30.9. The van der Waals surface area contributed by atoms with E-state index in [1.54, 1.807) is 30.6 Å². The number of benzene rings is 1. The number of methoxy groups -OCH3 is 1. The highest BCUT2D eigenvalue weighted by Crippen LogP contribution is 2.37. The number of pyridine rings is 1. The molecule has 0 saturated carbocycles. The monoisotopic (exact) mass is 364 g/mol. The second-order valence-electron chi connectivity index (χ2n) is 6.05. The van der Waals surface area contributed by atoms with Crippen molar-refractivity contribution in [1.29, 1.82) is 0 Å². The van der Waals surface area contributed by atoms with Crippen LogP contribution >= 0.6 is 0 Å². The minimum atomic E-state index is -0.700. The molecule has 1 amide bonds. The first-order valence-electron chi connectivity index (χ1n) is 8.54. The lowest BCUT2D eigenvalue weighted by molar-refractivity contribution is -0.130. The summed E-state index contributed by atoms with van der Waals surface area (Å²) in [5.41, 5.74) is 1.56. The molecule has 3 rings (SSSR count). The number of carbonyl (C=O) groups excluding carboxylic acids is 2. The Morgan fingerprint density at radius 2 is 2.04 bits per heavy atom. The average Bonchev–Trinajstić information content (AvgIpc) is 2.96. The van der Waals surface area contributed by atoms with Gasteiger partial charge in [-0.25, -0.2) is 0 Å². The zero-order chi connectivity index (χ0) is 19.2. The summed E-state index contributed by atoms with van der Waals surface area (Å²) in [7, 11) is 1.53. The van der Waals surface area contributed by atoms with E-state index in [2.05, 4.69) is 4.98 Å². The van der Waals surface area contributed by atoms with E-state index in [1.807, 2.05) is 30.3 Å². The molecule has 1 aromatic carbocycles. The van der Waals surface area contributed by atoms with Gasteiger partial charge in [-0.05, 0) is 23.3 Å². The van der Waals surface area contributed by atoms with E-state index in [0.717, 1.165) is 5.56 Å². The fourth-order valence-corrected chi connectivity index (χ4v) is 3.04. The number of aromatic nitrogens is 1. The van der Waals surface area contributed by atoms with Gasteiger partial charge in [0.2, 0.25) is 0 Å². The van der Waals surface area contributed by atoms with Gasteiger partial charge >= 0.3 is 0 Å². The largest absolute Gasteiger partial charge is 0.503 e. The lowest BCUT2D eigenvalue weighted by Gasteiger charge is -2.25. The molecule has 6 nitrogen and oxygen atoms in total. The summed E-state index contributed by atoms with van der Waals surface area (Å²) in [6.45, 7) is 0.537. The number of aliphatic hydroxyl groups is 1. The fourth-order valence-electron chi connectivity index (χ4n) is 3.04. The van der Waals surface area contributed by atoms with Gasteiger partial charge in [0.05, 0.1) is 18.2 Å². The van der Waals surface area contributed by atoms with Crippen LogP contribution in [0, 0.1) is 0 Å². The van der Waals surface area contributed by atoms with E-state index in [1.165, 1.54) is 18.1 Å². The molecule has 0 aliphatic carbocycles. The lowest BCUT2D eigenvalue weighted by Crippen LogP contribution is -2.33. The molecule has 0 radical (unpaired) electrons. The summed E-state index contributed by atoms with van der Waals surface area (Å²) >= 11 is 0. The Kier molecular flexibility index (Phi) is 5.78. The summed E-state index contributed by atoms with van der Waals surface area (Å²) in [5.74, 6) is -1.53. The van der Waals surface area contributed by atoms with Gasteiger partial charge in [-0.2, -0.15) is 0 Å². The zero-order valence-corrected chi connectivity index (χ0v) is 14.9. The Morgan fingerprint density at radius 3 is 2.70 bits per heavy atom. The first kappa shape index (κ1) is 18.5. The van der Waals surface area contributed by atoms with Crippen LogP contribution in [-0.4, -0.2) is 46.9 Å². The highest BCUT2D eigenvalue weighted by atomic mass is 16.5. The van der Waals surface area contributed by atoms with Crippen LogP contribution < -0.4 is 0 Å². The van der Waals surface area contributed by atoms with Gasteiger partial charge in [-0.15, -0.1) is 0 Å². The number of nitrogens with zero attached hydrogens (tertiary/aromatic N) is 2. The first-order valence-corrected chi connectivity index (χ1v) is 8.54. The molecule has 0 spiro atoms. The number of allylic oxidation sites excluding steroid dienone is 1. The van der Waals surface area contributed by atoms with Crippen LogP contribution in [0.4, 0.5) is 0 Å². The standard InChI is InChI=1S/C21H20N2O4/c1-27-13-12-23-19(16-8-5-11-22-14-16)18(20(25)21(23)26)17(24)10-9-15-6-3-2-4-7-15/h2-11,14,19,25H,12-13H2,1H3. The van der Waals surface area contributed by atoms with E-state index in [0.29, 0.717) is 5.56 Å². The van der Waals surface area contributed by atoms with Crippen molar-refractivity contribution in [3.63, 3.8) is 0 Å². The van der Waals surface area contributed by atoms with E-state index in [4.69, 9.17) is 4.74 Å². The summed E-state index contributed by atoms with van der Waals surface area (Å²) in [6, 6.07) is 12.1. The predicted molar refractivity (Wildman–Crippen MR) is 101 cm³/mol. The highest BCUT2D eigenvalue weighted by molar-refractivity contribution is 6.14. The third-order valence-electron chi connectivity index (χ3n) is 4.33. The maximum absolute atomic E-state index is 12.8. The Morgan fingerprint density at radius 1 is 1.26 bits per heavy atom. The second kappa shape index (κ2) is 8.42. The first-order chi connectivity index (χ1) is 13.1. The van der Waals surface area contributed by atoms with Crippen molar-refractivity contribution in [3.05, 3.63) is 83.4 Å². The number of carbonyl (C=O) groups is 2. The molecule has 138 valence electrons. The minimum absolute atomic E-state index is 0.0521. The molecule has 0 bridgehead atoms. The minimum Gasteiger partial charge on any atom is -0.503 e. The van der Waals surface area contributed by atoms with Crippen molar-refractivity contribution in [1.82, 2.24) is 9.88 Å². The molecule has 1 aliphatic heterocycles. The molecule has 0 fully saturated rings. The number of amides is 1. The van der Waals surface area contributed by atoms with E-state index < -0.39 is 23.5 Å². The highest BCUT2D eigenvalue weighted by Gasteiger charge is 2.42. The number of rotatable bonds is 7. The molecule has 1 aromatic heterocycles. The smallest absolute Gasteiger partial charge is 0.290 e. The van der Waals surface area contributed by atoms with Gasteiger partial charge in [0.1, 0.15) is 0 Å². The van der Waals surface area contributed by atoms with E-state index in [-0.39, 0.29) is 18.7 Å². The maximum Gasteiger partial charge on any atom is 0.290 e. The third-order valence-corrected chi connectivity index (χ3v) is 4.33. The summed E-state index contributed by atoms with van der Waals surface area (Å²) in [6.07, 6.45) is 6.23. The molecule has 2 aromatic rings. The second-order valence-corrected chi connectivity index (χ2v) is 6.05. The van der Waals surface area contributed by atoms with E-state index in [9.17, 15) is 14.7 Å². The molecular formula is C21H20N2O4. The van der Waals surface area contributed by atoms with Crippen molar-refractivity contribution in [2.75, 3.05) is 20.3 Å². The van der Waals surface area contributed by atoms with Crippen LogP contribution in [0.2, 0.25) is 0 Å². The van der Waals surface area contributed by atoms with Crippen LogP contribution in [0.15, 0.2) is 72.3 Å². The number of aliphatic hydroxyl groups excluding tert-OH is 1. The van der Waals surface area contributed by atoms with Gasteiger partial charge in [-0.1, -0.05) is 42.5 Å². The SMILES string of the molecule is COCCN1C(=O)C(O)=C(C(=O)C=Cc2ccccc2)C1c1cccnc1. The van der Waals surface area contributed by atoms with E-state index >= 15 is 0 Å². The van der Waals surface area contributed by atoms with Gasteiger partial charge in [-0.3, -0.25) is 14.6 Å². The molecule has 2 heterocycles. The van der Waals surface area contributed by atoms with Crippen molar-refractivity contribution < 1.29 is 19.4 Å². The average molecular weight is 364 g/mol. The van der Waals surface area contributed by atoms with Gasteiger partial charge in [0.15, 0.2) is 11.5 Å². The van der Waals surface area contributed by atoms with Crippen molar-refractivity contribution in [3.8, 4) is 0 Å². The Balaban J connectivity index is 1.95. The molecular weight excluding hydrogens is 344 g/mol. The van der Waals surface area contributed by atoms with Crippen LogP contribution in [0.25, 0.3) is 6.08 Å². The predicted octanol–water partition coefficient (Wildman–Crippen LogP) is 2.71. The number of hydrogen-bond donors (Lipinski definition) is 1. The third kappa shape index (κ3) is 3.96. The summed E-state index contributed by atoms with van der Waals surface area (Å²) in [5, 5.41) is 10.4. The lowest BCUT2D eigenvalue weighted by atomic mass is 9.97. The van der Waals surface area contributed by atoms with Gasteiger partial charge in [0, 0.05) is 26.0 Å². The number of hydrogen-bond acceptors (Lipinski definition) is 5. The fraction of sp³-hybridized carbons (Fsp3) is 0.190. The Bertz CT molecular complexity index is 876. The molecule has 6 heteroatoms. The zero-order valence-electron chi connectivity index (χ0n) is 14.9. The number of ether oxygens (including phenoxy) is 1. The van der Waals surface area contributed by atoms with Crippen LogP contribution in [0.3, 0.4) is 0 Å². The number of ketones is 1. The van der Waals surface area contributed by atoms with Crippen LogP contribution in [0.1, 0.15) is 17.2 Å². The van der Waals surface area contributed by atoms with Crippen LogP contribution in [-0.2, 0) is 14.3 Å². The van der Waals surface area contributed by atoms with Gasteiger partial charge < -0.3 is 14.7 Å². The molecule has 27 heavy (non-hydrogen) atoms. The molecule has 0 saturated heterocycles. The molecule has 1 atom stereocenters. The Labute approximate surface area is 157 Å². The van der Waals surface area contributed by atoms with Gasteiger partial charge in [0.25, 0.3) is 5.91 Å².